The number of aliphatic hydroxyl groups is 1. The number of nitrogens with one attached hydrogen (secondary N) is 1. The molecule has 1 atom stereocenters. The molecule has 0 saturated carbocycles. The molecule has 0 bridgehead atoms. The van der Waals surface area contributed by atoms with Crippen molar-refractivity contribution in [3.8, 4) is 0 Å². The van der Waals surface area contributed by atoms with Crippen molar-refractivity contribution in [1.29, 1.82) is 0 Å². The van der Waals surface area contributed by atoms with Crippen molar-refractivity contribution in [2.24, 2.45) is 0 Å². The zero-order valence-electron chi connectivity index (χ0n) is 9.56. The molecular formula is C12H17ClFNO. The summed E-state index contributed by atoms with van der Waals surface area (Å²) in [7, 11) is 0. The van der Waals surface area contributed by atoms with Crippen LogP contribution >= 0.6 is 11.6 Å². The first-order valence-electron chi connectivity index (χ1n) is 5.32. The molecule has 0 aromatic heterocycles. The largest absolute Gasteiger partial charge is 0.389 e. The van der Waals surface area contributed by atoms with Crippen LogP contribution in [0, 0.1) is 5.82 Å². The molecule has 90 valence electrons. The van der Waals surface area contributed by atoms with E-state index in [1.807, 2.05) is 6.92 Å². The van der Waals surface area contributed by atoms with Crippen LogP contribution in [0.3, 0.4) is 0 Å². The molecule has 0 spiro atoms. The quantitative estimate of drug-likeness (QED) is 0.835. The summed E-state index contributed by atoms with van der Waals surface area (Å²) in [6.45, 7) is 4.91. The van der Waals surface area contributed by atoms with Crippen molar-refractivity contribution in [3.05, 3.63) is 34.6 Å². The molecule has 0 aliphatic heterocycles. The fourth-order valence-corrected chi connectivity index (χ4v) is 1.74. The second-order valence-corrected chi connectivity index (χ2v) is 4.54. The van der Waals surface area contributed by atoms with Crippen molar-refractivity contribution >= 4 is 11.6 Å². The Kier molecular flexibility index (Phi) is 4.71. The highest BCUT2D eigenvalue weighted by Crippen LogP contribution is 2.23. The number of hydrogen-bond donors (Lipinski definition) is 2. The van der Waals surface area contributed by atoms with Crippen LogP contribution < -0.4 is 5.32 Å². The Morgan fingerprint density at radius 2 is 2.19 bits per heavy atom. The first-order valence-corrected chi connectivity index (χ1v) is 5.70. The third-order valence-electron chi connectivity index (χ3n) is 2.36. The Balaban J connectivity index is 2.75. The van der Waals surface area contributed by atoms with E-state index < -0.39 is 11.4 Å². The van der Waals surface area contributed by atoms with Gasteiger partial charge in [-0.3, -0.25) is 0 Å². The molecular weight excluding hydrogens is 229 g/mol. The molecule has 4 heteroatoms. The Morgan fingerprint density at radius 1 is 1.50 bits per heavy atom. The van der Waals surface area contributed by atoms with Gasteiger partial charge in [0.1, 0.15) is 5.82 Å². The lowest BCUT2D eigenvalue weighted by Crippen LogP contribution is -2.39. The van der Waals surface area contributed by atoms with Crippen molar-refractivity contribution in [2.75, 3.05) is 13.1 Å². The first kappa shape index (κ1) is 13.4. The molecule has 2 nitrogen and oxygen atoms in total. The van der Waals surface area contributed by atoms with Crippen molar-refractivity contribution in [3.63, 3.8) is 0 Å². The van der Waals surface area contributed by atoms with E-state index in [0.717, 1.165) is 6.54 Å². The molecule has 0 aliphatic carbocycles. The van der Waals surface area contributed by atoms with E-state index in [0.29, 0.717) is 18.5 Å². The van der Waals surface area contributed by atoms with Crippen LogP contribution in [0.4, 0.5) is 4.39 Å². The molecule has 0 radical (unpaired) electrons. The van der Waals surface area contributed by atoms with Gasteiger partial charge in [-0.15, -0.1) is 0 Å². The Hall–Kier alpha value is -0.640. The third-order valence-corrected chi connectivity index (χ3v) is 2.78. The van der Waals surface area contributed by atoms with E-state index in [1.54, 1.807) is 19.1 Å². The van der Waals surface area contributed by atoms with Gasteiger partial charge in [0.05, 0.1) is 10.6 Å². The normalized spacial score (nSPS) is 14.8. The highest BCUT2D eigenvalue weighted by molar-refractivity contribution is 6.31. The number of benzene rings is 1. The van der Waals surface area contributed by atoms with Gasteiger partial charge >= 0.3 is 0 Å². The summed E-state index contributed by atoms with van der Waals surface area (Å²) in [6.07, 6.45) is 0.330. The van der Waals surface area contributed by atoms with Crippen LogP contribution in [-0.4, -0.2) is 23.8 Å². The van der Waals surface area contributed by atoms with Gasteiger partial charge in [-0.1, -0.05) is 30.7 Å². The van der Waals surface area contributed by atoms with Crippen molar-refractivity contribution in [2.45, 2.75) is 25.9 Å². The maximum Gasteiger partial charge on any atom is 0.142 e. The van der Waals surface area contributed by atoms with Crippen LogP contribution in [0.5, 0.6) is 0 Å². The second kappa shape index (κ2) is 5.62. The number of rotatable bonds is 5. The number of halogens is 2. The summed E-state index contributed by atoms with van der Waals surface area (Å²) in [5.41, 5.74) is -0.294. The van der Waals surface area contributed by atoms with Gasteiger partial charge in [-0.25, -0.2) is 4.39 Å². The average molecular weight is 246 g/mol. The molecule has 0 aliphatic rings. The molecule has 1 unspecified atom stereocenters. The van der Waals surface area contributed by atoms with E-state index in [-0.39, 0.29) is 5.02 Å². The highest BCUT2D eigenvalue weighted by Gasteiger charge is 2.22. The van der Waals surface area contributed by atoms with Gasteiger partial charge in [-0.05, 0) is 25.1 Å². The summed E-state index contributed by atoms with van der Waals surface area (Å²) >= 11 is 5.83. The first-order chi connectivity index (χ1) is 7.46. The summed E-state index contributed by atoms with van der Waals surface area (Å²) in [6, 6.07) is 4.64. The second-order valence-electron chi connectivity index (χ2n) is 4.17. The maximum absolute atomic E-state index is 13.2. The minimum Gasteiger partial charge on any atom is -0.389 e. The van der Waals surface area contributed by atoms with Gasteiger partial charge in [0, 0.05) is 13.0 Å². The maximum atomic E-state index is 13.2. The lowest BCUT2D eigenvalue weighted by atomic mass is 9.96. The molecule has 2 N–H and O–H groups in total. The topological polar surface area (TPSA) is 32.3 Å². The summed E-state index contributed by atoms with van der Waals surface area (Å²) in [5, 5.41) is 13.2. The fourth-order valence-electron chi connectivity index (χ4n) is 1.55. The van der Waals surface area contributed by atoms with E-state index >= 15 is 0 Å². The van der Waals surface area contributed by atoms with Gasteiger partial charge in [0.2, 0.25) is 0 Å². The van der Waals surface area contributed by atoms with E-state index in [1.165, 1.54) is 6.07 Å². The van der Waals surface area contributed by atoms with E-state index in [2.05, 4.69) is 5.32 Å². The molecule has 0 fully saturated rings. The van der Waals surface area contributed by atoms with Gasteiger partial charge in [0.15, 0.2) is 0 Å². The van der Waals surface area contributed by atoms with E-state index in [4.69, 9.17) is 11.6 Å². The summed E-state index contributed by atoms with van der Waals surface area (Å²) in [5.74, 6) is -0.446. The van der Waals surface area contributed by atoms with Crippen LogP contribution in [0.1, 0.15) is 19.4 Å². The van der Waals surface area contributed by atoms with Crippen LogP contribution in [0.25, 0.3) is 0 Å². The Morgan fingerprint density at radius 3 is 2.81 bits per heavy atom. The Bertz CT molecular complexity index is 355. The average Bonchev–Trinajstić information content (AvgIpc) is 2.22. The number of hydrogen-bond acceptors (Lipinski definition) is 2. The van der Waals surface area contributed by atoms with Crippen molar-refractivity contribution in [1.82, 2.24) is 5.32 Å². The predicted molar refractivity (Wildman–Crippen MR) is 64.3 cm³/mol. The van der Waals surface area contributed by atoms with Crippen LogP contribution in [0.15, 0.2) is 18.2 Å². The molecule has 1 aromatic rings. The minimum atomic E-state index is -0.923. The lowest BCUT2D eigenvalue weighted by molar-refractivity contribution is 0.0607. The third kappa shape index (κ3) is 3.74. The molecule has 16 heavy (non-hydrogen) atoms. The molecule has 0 saturated heterocycles. The predicted octanol–water partition coefficient (Wildman–Crippen LogP) is 2.38. The molecule has 1 rings (SSSR count). The minimum absolute atomic E-state index is 0.0965. The zero-order valence-corrected chi connectivity index (χ0v) is 10.3. The highest BCUT2D eigenvalue weighted by atomic mass is 35.5. The fraction of sp³-hybridized carbons (Fsp3) is 0.500. The SMILES string of the molecule is CCNCC(C)(O)Cc1cccc(F)c1Cl. The standard InChI is InChI=1S/C12H17ClFNO/c1-3-15-8-12(2,16)7-9-5-4-6-10(14)11(9)13/h4-6,15-16H,3,7-8H2,1-2H3. The van der Waals surface area contributed by atoms with Crippen LogP contribution in [-0.2, 0) is 6.42 Å². The molecule has 1 aromatic carbocycles. The van der Waals surface area contributed by atoms with Gasteiger partial charge < -0.3 is 10.4 Å². The van der Waals surface area contributed by atoms with Gasteiger partial charge in [0.25, 0.3) is 0 Å². The van der Waals surface area contributed by atoms with Crippen LogP contribution in [0.2, 0.25) is 5.02 Å². The van der Waals surface area contributed by atoms with Crippen molar-refractivity contribution < 1.29 is 9.50 Å². The monoisotopic (exact) mass is 245 g/mol. The number of likely N-dealkylation sites (N-methyl/N-ethyl adjacent to an activating group) is 1. The zero-order chi connectivity index (χ0) is 12.2. The lowest BCUT2D eigenvalue weighted by Gasteiger charge is -2.24. The molecule has 0 amide bonds. The summed E-state index contributed by atoms with van der Waals surface area (Å²) < 4.78 is 13.2. The van der Waals surface area contributed by atoms with Gasteiger partial charge in [-0.2, -0.15) is 0 Å². The Labute approximate surface area is 100 Å². The smallest absolute Gasteiger partial charge is 0.142 e. The summed E-state index contributed by atoms with van der Waals surface area (Å²) in [4.78, 5) is 0. The molecule has 0 heterocycles. The van der Waals surface area contributed by atoms with E-state index in [9.17, 15) is 9.50 Å².